The lowest BCUT2D eigenvalue weighted by atomic mass is 10.0. The first-order chi connectivity index (χ1) is 7.38. The van der Waals surface area contributed by atoms with Crippen LogP contribution in [0.1, 0.15) is 26.7 Å². The standard InChI is InChI=1S/C12H17N.C2H6/c1-3-6-11-8-5-9-13-10-12(11)7-4-2;1-2/h3-4,6-7,13H,1-2,5,8-10H2;1-2H3/b11-6-,12-7-;. The molecule has 1 heteroatoms. The van der Waals surface area contributed by atoms with Gasteiger partial charge in [0.05, 0.1) is 0 Å². The largest absolute Gasteiger partial charge is 0.313 e. The second kappa shape index (κ2) is 9.47. The molecule has 1 heterocycles. The van der Waals surface area contributed by atoms with E-state index in [1.165, 1.54) is 17.6 Å². The van der Waals surface area contributed by atoms with Gasteiger partial charge in [-0.2, -0.15) is 0 Å². The monoisotopic (exact) mass is 205 g/mol. The molecule has 1 N–H and O–H groups in total. The Hall–Kier alpha value is -1.08. The van der Waals surface area contributed by atoms with Gasteiger partial charge in [0, 0.05) is 6.54 Å². The van der Waals surface area contributed by atoms with Crippen LogP contribution in [0.15, 0.2) is 48.6 Å². The van der Waals surface area contributed by atoms with Gasteiger partial charge in [-0.15, -0.1) is 0 Å². The van der Waals surface area contributed by atoms with Crippen LogP contribution in [0.3, 0.4) is 0 Å². The van der Waals surface area contributed by atoms with E-state index in [9.17, 15) is 0 Å². The van der Waals surface area contributed by atoms with Gasteiger partial charge in [0.15, 0.2) is 0 Å². The summed E-state index contributed by atoms with van der Waals surface area (Å²) in [7, 11) is 0. The topological polar surface area (TPSA) is 12.0 Å². The number of rotatable bonds is 2. The molecule has 0 aromatic carbocycles. The zero-order valence-corrected chi connectivity index (χ0v) is 10.1. The average molecular weight is 205 g/mol. The van der Waals surface area contributed by atoms with Crippen molar-refractivity contribution >= 4 is 0 Å². The fourth-order valence-corrected chi connectivity index (χ4v) is 1.54. The van der Waals surface area contributed by atoms with Crippen molar-refractivity contribution in [3.8, 4) is 0 Å². The van der Waals surface area contributed by atoms with Crippen LogP contribution < -0.4 is 5.32 Å². The van der Waals surface area contributed by atoms with Crippen LogP contribution in [0.4, 0.5) is 0 Å². The molecule has 1 aliphatic rings. The predicted octanol–water partition coefficient (Wildman–Crippen LogP) is 3.62. The first kappa shape index (κ1) is 13.9. The molecule has 0 saturated carbocycles. The molecule has 1 saturated heterocycles. The quantitative estimate of drug-likeness (QED) is 0.726. The molecule has 1 nitrogen and oxygen atoms in total. The lowest BCUT2D eigenvalue weighted by Gasteiger charge is -2.05. The maximum Gasteiger partial charge on any atom is 0.0208 e. The van der Waals surface area contributed by atoms with Crippen LogP contribution in [0.5, 0.6) is 0 Å². The van der Waals surface area contributed by atoms with E-state index in [2.05, 4.69) is 30.6 Å². The minimum absolute atomic E-state index is 0.950. The van der Waals surface area contributed by atoms with Crippen LogP contribution in [0.25, 0.3) is 0 Å². The van der Waals surface area contributed by atoms with Crippen molar-refractivity contribution in [1.82, 2.24) is 5.32 Å². The van der Waals surface area contributed by atoms with Crippen molar-refractivity contribution in [2.75, 3.05) is 13.1 Å². The Morgan fingerprint density at radius 2 is 1.67 bits per heavy atom. The first-order valence-corrected chi connectivity index (χ1v) is 5.72. The summed E-state index contributed by atoms with van der Waals surface area (Å²) in [5.74, 6) is 0. The minimum Gasteiger partial charge on any atom is -0.313 e. The molecule has 0 aromatic heterocycles. The summed E-state index contributed by atoms with van der Waals surface area (Å²) in [6.45, 7) is 13.5. The van der Waals surface area contributed by atoms with Crippen molar-refractivity contribution in [3.63, 3.8) is 0 Å². The number of hydrogen-bond donors (Lipinski definition) is 1. The molecule has 15 heavy (non-hydrogen) atoms. The van der Waals surface area contributed by atoms with E-state index in [-0.39, 0.29) is 0 Å². The molecular weight excluding hydrogens is 182 g/mol. The first-order valence-electron chi connectivity index (χ1n) is 5.72. The Morgan fingerprint density at radius 3 is 2.27 bits per heavy atom. The summed E-state index contributed by atoms with van der Waals surface area (Å²) in [6, 6.07) is 0. The van der Waals surface area contributed by atoms with Gasteiger partial charge in [0.25, 0.3) is 0 Å². The Bertz CT molecular complexity index is 220. The van der Waals surface area contributed by atoms with Gasteiger partial charge in [-0.1, -0.05) is 51.3 Å². The molecule has 0 amide bonds. The van der Waals surface area contributed by atoms with Gasteiger partial charge in [0.2, 0.25) is 0 Å². The fraction of sp³-hybridized carbons (Fsp3) is 0.429. The van der Waals surface area contributed by atoms with Gasteiger partial charge in [-0.05, 0) is 30.5 Å². The molecule has 0 bridgehead atoms. The number of nitrogens with one attached hydrogen (secondary N) is 1. The Labute approximate surface area is 94.3 Å². The smallest absolute Gasteiger partial charge is 0.0208 e. The molecule has 0 radical (unpaired) electrons. The lowest BCUT2D eigenvalue weighted by molar-refractivity contribution is 0.722. The third kappa shape index (κ3) is 5.38. The number of allylic oxidation sites excluding steroid dienone is 4. The summed E-state index contributed by atoms with van der Waals surface area (Å²) in [4.78, 5) is 0. The molecular formula is C14H23N. The van der Waals surface area contributed by atoms with Crippen molar-refractivity contribution in [1.29, 1.82) is 0 Å². The summed E-state index contributed by atoms with van der Waals surface area (Å²) >= 11 is 0. The van der Waals surface area contributed by atoms with Gasteiger partial charge >= 0.3 is 0 Å². The summed E-state index contributed by atoms with van der Waals surface area (Å²) in [6.07, 6.45) is 10.2. The Kier molecular flexibility index (Phi) is 8.79. The average Bonchev–Trinajstić information content (AvgIpc) is 2.49. The van der Waals surface area contributed by atoms with Gasteiger partial charge in [0.1, 0.15) is 0 Å². The normalized spacial score (nSPS) is 21.5. The van der Waals surface area contributed by atoms with Crippen molar-refractivity contribution in [3.05, 3.63) is 48.6 Å². The van der Waals surface area contributed by atoms with Crippen molar-refractivity contribution in [2.45, 2.75) is 26.7 Å². The summed E-state index contributed by atoms with van der Waals surface area (Å²) in [5.41, 5.74) is 2.73. The molecule has 1 fully saturated rings. The van der Waals surface area contributed by atoms with Gasteiger partial charge in [-0.25, -0.2) is 0 Å². The van der Waals surface area contributed by atoms with E-state index in [4.69, 9.17) is 0 Å². The minimum atomic E-state index is 0.950. The van der Waals surface area contributed by atoms with Crippen LogP contribution in [0, 0.1) is 0 Å². The van der Waals surface area contributed by atoms with Crippen LogP contribution in [-0.2, 0) is 0 Å². The SMILES string of the molecule is C=C/C=C1/CCCNC/C1=C/C=C.CC. The second-order valence-electron chi connectivity index (χ2n) is 3.14. The molecule has 0 spiro atoms. The van der Waals surface area contributed by atoms with E-state index in [1.54, 1.807) is 0 Å². The van der Waals surface area contributed by atoms with Crippen LogP contribution in [0.2, 0.25) is 0 Å². The maximum absolute atomic E-state index is 3.73. The molecule has 0 aliphatic carbocycles. The van der Waals surface area contributed by atoms with Gasteiger partial charge < -0.3 is 5.32 Å². The van der Waals surface area contributed by atoms with E-state index in [0.717, 1.165) is 19.5 Å². The molecule has 0 atom stereocenters. The number of hydrogen-bond acceptors (Lipinski definition) is 1. The lowest BCUT2D eigenvalue weighted by Crippen LogP contribution is -2.15. The van der Waals surface area contributed by atoms with Crippen molar-refractivity contribution < 1.29 is 0 Å². The molecule has 1 rings (SSSR count). The van der Waals surface area contributed by atoms with Gasteiger partial charge in [-0.3, -0.25) is 0 Å². The highest BCUT2D eigenvalue weighted by molar-refractivity contribution is 5.37. The fourth-order valence-electron chi connectivity index (χ4n) is 1.54. The third-order valence-electron chi connectivity index (χ3n) is 2.17. The van der Waals surface area contributed by atoms with E-state index >= 15 is 0 Å². The predicted molar refractivity (Wildman–Crippen MR) is 70.0 cm³/mol. The molecule has 1 aliphatic heterocycles. The molecule has 84 valence electrons. The zero-order chi connectivity index (χ0) is 11.5. The van der Waals surface area contributed by atoms with E-state index < -0.39 is 0 Å². The van der Waals surface area contributed by atoms with Crippen LogP contribution in [-0.4, -0.2) is 13.1 Å². The third-order valence-corrected chi connectivity index (χ3v) is 2.17. The van der Waals surface area contributed by atoms with E-state index in [1.807, 2.05) is 26.0 Å². The molecule has 0 unspecified atom stereocenters. The Balaban J connectivity index is 0.000000921. The summed E-state index contributed by atoms with van der Waals surface area (Å²) in [5, 5.41) is 3.38. The second-order valence-corrected chi connectivity index (χ2v) is 3.14. The van der Waals surface area contributed by atoms with Crippen molar-refractivity contribution in [2.24, 2.45) is 0 Å². The highest BCUT2D eigenvalue weighted by Crippen LogP contribution is 2.18. The van der Waals surface area contributed by atoms with Crippen LogP contribution >= 0.6 is 0 Å². The highest BCUT2D eigenvalue weighted by atomic mass is 14.9. The van der Waals surface area contributed by atoms with E-state index in [0.29, 0.717) is 0 Å². The zero-order valence-electron chi connectivity index (χ0n) is 10.1. The summed E-state index contributed by atoms with van der Waals surface area (Å²) < 4.78 is 0. The molecule has 0 aromatic rings. The highest BCUT2D eigenvalue weighted by Gasteiger charge is 2.07. The Morgan fingerprint density at radius 1 is 1.07 bits per heavy atom. The maximum atomic E-state index is 3.73.